The van der Waals surface area contributed by atoms with Crippen molar-refractivity contribution in [2.24, 2.45) is 11.8 Å². The molecule has 2 saturated heterocycles. The molecule has 0 radical (unpaired) electrons. The minimum atomic E-state index is -4.30. The lowest BCUT2D eigenvalue weighted by Gasteiger charge is -2.34. The van der Waals surface area contributed by atoms with Gasteiger partial charge in [0, 0.05) is 33.1 Å². The van der Waals surface area contributed by atoms with Crippen molar-refractivity contribution in [3.8, 4) is 0 Å². The molecule has 1 amide bonds. The Kier molecular flexibility index (Phi) is 5.37. The minimum Gasteiger partial charge on any atom is -0.343 e. The largest absolute Gasteiger partial charge is 0.416 e. The number of hydrogen-bond acceptors (Lipinski definition) is 2. The van der Waals surface area contributed by atoms with E-state index in [9.17, 15) is 18.0 Å². The molecule has 0 aromatic heterocycles. The quantitative estimate of drug-likeness (QED) is 0.825. The molecule has 25 heavy (non-hydrogen) atoms. The van der Waals surface area contributed by atoms with Crippen LogP contribution in [0.15, 0.2) is 24.3 Å². The van der Waals surface area contributed by atoms with Gasteiger partial charge in [-0.05, 0) is 49.3 Å². The van der Waals surface area contributed by atoms with Gasteiger partial charge < -0.3 is 4.90 Å². The Morgan fingerprint density at radius 1 is 1.08 bits per heavy atom. The zero-order valence-electron chi connectivity index (χ0n) is 14.6. The molecule has 2 aliphatic rings. The molecule has 1 aromatic carbocycles. The molecule has 138 valence electrons. The molecule has 0 saturated carbocycles. The summed E-state index contributed by atoms with van der Waals surface area (Å²) in [5.74, 6) is 1.25. The fourth-order valence-corrected chi connectivity index (χ4v) is 4.25. The Balaban J connectivity index is 1.57. The van der Waals surface area contributed by atoms with Gasteiger partial charge in [0.15, 0.2) is 0 Å². The summed E-state index contributed by atoms with van der Waals surface area (Å²) in [7, 11) is 0. The van der Waals surface area contributed by atoms with Crippen molar-refractivity contribution in [1.29, 1.82) is 0 Å². The second kappa shape index (κ2) is 7.36. The standard InChI is InChI=1S/C19H25F3N2O/c1-14(25)24-10-7-15(8-11-24)16-6-9-23(12-16)13-17-4-2-3-5-18(17)19(20,21)22/h2-5,15-16H,6-13H2,1H3. The Labute approximate surface area is 146 Å². The van der Waals surface area contributed by atoms with E-state index >= 15 is 0 Å². The molecule has 2 fully saturated rings. The highest BCUT2D eigenvalue weighted by Crippen LogP contribution is 2.35. The number of alkyl halides is 3. The predicted molar refractivity (Wildman–Crippen MR) is 89.8 cm³/mol. The first-order valence-electron chi connectivity index (χ1n) is 8.97. The van der Waals surface area contributed by atoms with Gasteiger partial charge in [0.1, 0.15) is 0 Å². The van der Waals surface area contributed by atoms with Gasteiger partial charge >= 0.3 is 6.18 Å². The van der Waals surface area contributed by atoms with Crippen LogP contribution < -0.4 is 0 Å². The van der Waals surface area contributed by atoms with Gasteiger partial charge in [-0.3, -0.25) is 9.69 Å². The van der Waals surface area contributed by atoms with E-state index in [1.165, 1.54) is 12.1 Å². The van der Waals surface area contributed by atoms with Crippen molar-refractivity contribution in [2.75, 3.05) is 26.2 Å². The van der Waals surface area contributed by atoms with Crippen LogP contribution in [0.25, 0.3) is 0 Å². The monoisotopic (exact) mass is 354 g/mol. The van der Waals surface area contributed by atoms with Crippen LogP contribution in [0.4, 0.5) is 13.2 Å². The fourth-order valence-electron chi connectivity index (χ4n) is 4.25. The number of likely N-dealkylation sites (tertiary alicyclic amines) is 2. The number of carbonyl (C=O) groups is 1. The molecule has 3 rings (SSSR count). The fraction of sp³-hybridized carbons (Fsp3) is 0.632. The van der Waals surface area contributed by atoms with Crippen LogP contribution in [0.5, 0.6) is 0 Å². The molecule has 0 N–H and O–H groups in total. The second-order valence-electron chi connectivity index (χ2n) is 7.28. The Hall–Kier alpha value is -1.56. The van der Waals surface area contributed by atoms with Crippen LogP contribution in [0.3, 0.4) is 0 Å². The van der Waals surface area contributed by atoms with Crippen molar-refractivity contribution < 1.29 is 18.0 Å². The zero-order valence-corrected chi connectivity index (χ0v) is 14.6. The molecule has 1 aromatic rings. The zero-order chi connectivity index (χ0) is 18.0. The molecule has 0 spiro atoms. The number of nitrogens with zero attached hydrogens (tertiary/aromatic N) is 2. The highest BCUT2D eigenvalue weighted by Gasteiger charge is 2.35. The summed E-state index contributed by atoms with van der Waals surface area (Å²) in [6.07, 6.45) is -1.23. The van der Waals surface area contributed by atoms with Gasteiger partial charge in [0.05, 0.1) is 5.56 Å². The third kappa shape index (κ3) is 4.35. The molecule has 2 aliphatic heterocycles. The van der Waals surface area contributed by atoms with E-state index in [-0.39, 0.29) is 5.91 Å². The summed E-state index contributed by atoms with van der Waals surface area (Å²) in [6.45, 7) is 5.30. The van der Waals surface area contributed by atoms with Crippen LogP contribution in [0.2, 0.25) is 0 Å². The Morgan fingerprint density at radius 2 is 1.72 bits per heavy atom. The molecule has 6 heteroatoms. The number of hydrogen-bond donors (Lipinski definition) is 0. The smallest absolute Gasteiger partial charge is 0.343 e. The maximum Gasteiger partial charge on any atom is 0.416 e. The lowest BCUT2D eigenvalue weighted by atomic mass is 9.84. The van der Waals surface area contributed by atoms with Crippen LogP contribution in [0, 0.1) is 11.8 Å². The average Bonchev–Trinajstić information content (AvgIpc) is 3.03. The number of halogens is 3. The van der Waals surface area contributed by atoms with E-state index in [0.717, 1.165) is 45.4 Å². The minimum absolute atomic E-state index is 0.134. The summed E-state index contributed by atoms with van der Waals surface area (Å²) in [5.41, 5.74) is -0.157. The number of rotatable bonds is 3. The van der Waals surface area contributed by atoms with Gasteiger partial charge in [0.25, 0.3) is 0 Å². The molecular weight excluding hydrogens is 329 g/mol. The summed E-state index contributed by atoms with van der Waals surface area (Å²) < 4.78 is 39.4. The van der Waals surface area contributed by atoms with Gasteiger partial charge in [-0.2, -0.15) is 13.2 Å². The second-order valence-corrected chi connectivity index (χ2v) is 7.28. The summed E-state index contributed by atoms with van der Waals surface area (Å²) in [6, 6.07) is 5.87. The van der Waals surface area contributed by atoms with E-state index in [4.69, 9.17) is 0 Å². The predicted octanol–water partition coefficient (Wildman–Crippen LogP) is 3.79. The normalized spacial score (nSPS) is 23.2. The number of amides is 1. The lowest BCUT2D eigenvalue weighted by Crippen LogP contribution is -2.39. The third-order valence-electron chi connectivity index (χ3n) is 5.68. The van der Waals surface area contributed by atoms with E-state index < -0.39 is 11.7 Å². The van der Waals surface area contributed by atoms with E-state index in [2.05, 4.69) is 4.90 Å². The summed E-state index contributed by atoms with van der Waals surface area (Å²) in [4.78, 5) is 15.5. The first-order chi connectivity index (χ1) is 11.8. The van der Waals surface area contributed by atoms with Crippen molar-refractivity contribution in [1.82, 2.24) is 9.80 Å². The van der Waals surface area contributed by atoms with E-state index in [0.29, 0.717) is 23.9 Å². The molecule has 1 unspecified atom stereocenters. The van der Waals surface area contributed by atoms with Crippen molar-refractivity contribution in [3.63, 3.8) is 0 Å². The van der Waals surface area contributed by atoms with Crippen molar-refractivity contribution >= 4 is 5.91 Å². The summed E-state index contributed by atoms with van der Waals surface area (Å²) >= 11 is 0. The van der Waals surface area contributed by atoms with Gasteiger partial charge in [-0.15, -0.1) is 0 Å². The molecule has 2 heterocycles. The lowest BCUT2D eigenvalue weighted by molar-refractivity contribution is -0.138. The number of benzene rings is 1. The first kappa shape index (κ1) is 18.2. The topological polar surface area (TPSA) is 23.6 Å². The Bertz CT molecular complexity index is 609. The average molecular weight is 354 g/mol. The van der Waals surface area contributed by atoms with Crippen molar-refractivity contribution in [2.45, 2.75) is 38.9 Å². The van der Waals surface area contributed by atoms with Crippen LogP contribution >= 0.6 is 0 Å². The van der Waals surface area contributed by atoms with E-state index in [1.54, 1.807) is 19.1 Å². The highest BCUT2D eigenvalue weighted by molar-refractivity contribution is 5.73. The van der Waals surface area contributed by atoms with Crippen LogP contribution in [0.1, 0.15) is 37.3 Å². The van der Waals surface area contributed by atoms with Crippen molar-refractivity contribution in [3.05, 3.63) is 35.4 Å². The third-order valence-corrected chi connectivity index (χ3v) is 5.68. The highest BCUT2D eigenvalue weighted by atomic mass is 19.4. The number of piperidine rings is 1. The number of carbonyl (C=O) groups excluding carboxylic acids is 1. The van der Waals surface area contributed by atoms with Gasteiger partial charge in [0.2, 0.25) is 5.91 Å². The van der Waals surface area contributed by atoms with Gasteiger partial charge in [-0.1, -0.05) is 18.2 Å². The van der Waals surface area contributed by atoms with Crippen LogP contribution in [-0.4, -0.2) is 41.9 Å². The SMILES string of the molecule is CC(=O)N1CCC(C2CCN(Cc3ccccc3C(F)(F)F)C2)CC1. The molecule has 1 atom stereocenters. The maximum absolute atomic E-state index is 13.1. The maximum atomic E-state index is 13.1. The van der Waals surface area contributed by atoms with Crippen LogP contribution in [-0.2, 0) is 17.5 Å². The first-order valence-corrected chi connectivity index (χ1v) is 8.97. The molecule has 3 nitrogen and oxygen atoms in total. The molecule has 0 bridgehead atoms. The molecule has 0 aliphatic carbocycles. The van der Waals surface area contributed by atoms with E-state index in [1.807, 2.05) is 4.90 Å². The Morgan fingerprint density at radius 3 is 2.36 bits per heavy atom. The summed E-state index contributed by atoms with van der Waals surface area (Å²) in [5, 5.41) is 0. The van der Waals surface area contributed by atoms with Gasteiger partial charge in [-0.25, -0.2) is 0 Å². The molecular formula is C19H25F3N2O.